The number of hydrogen-bond donors (Lipinski definition) is 1. The average molecular weight is 449 g/mol. The van der Waals surface area contributed by atoms with Gasteiger partial charge in [0, 0.05) is 40.4 Å². The maximum absolute atomic E-state index is 5.58. The number of guanidine groups is 1. The van der Waals surface area contributed by atoms with E-state index in [4.69, 9.17) is 9.47 Å². The monoisotopic (exact) mass is 449 g/mol. The number of hydrogen-bond acceptors (Lipinski definition) is 3. The lowest BCUT2D eigenvalue weighted by Crippen LogP contribution is -2.39. The van der Waals surface area contributed by atoms with Crippen molar-refractivity contribution in [2.24, 2.45) is 10.9 Å². The molecule has 1 rings (SSSR count). The second-order valence-electron chi connectivity index (χ2n) is 6.00. The zero-order valence-electron chi connectivity index (χ0n) is 15.5. The van der Waals surface area contributed by atoms with Crippen LogP contribution in [0.3, 0.4) is 0 Å². The molecule has 5 nitrogen and oxygen atoms in total. The van der Waals surface area contributed by atoms with Gasteiger partial charge < -0.3 is 19.7 Å². The molecule has 0 saturated carbocycles. The number of rotatable bonds is 9. The molecule has 0 amide bonds. The number of methoxy groups -OCH3 is 1. The Hall–Kier alpha value is -1.02. The Morgan fingerprint density at radius 2 is 1.92 bits per heavy atom. The highest BCUT2D eigenvalue weighted by Gasteiger charge is 2.06. The quantitative estimate of drug-likeness (QED) is 0.272. The Morgan fingerprint density at radius 1 is 1.25 bits per heavy atom. The maximum atomic E-state index is 5.58. The van der Waals surface area contributed by atoms with Crippen molar-refractivity contribution in [2.75, 3.05) is 41.0 Å². The molecule has 0 bridgehead atoms. The van der Waals surface area contributed by atoms with Crippen LogP contribution in [0.4, 0.5) is 0 Å². The molecule has 24 heavy (non-hydrogen) atoms. The van der Waals surface area contributed by atoms with Gasteiger partial charge in [0.1, 0.15) is 5.75 Å². The zero-order chi connectivity index (χ0) is 17.1. The molecule has 1 aromatic carbocycles. The van der Waals surface area contributed by atoms with E-state index >= 15 is 0 Å². The van der Waals surface area contributed by atoms with Crippen molar-refractivity contribution in [3.05, 3.63) is 29.8 Å². The van der Waals surface area contributed by atoms with Gasteiger partial charge in [-0.3, -0.25) is 4.99 Å². The fraction of sp³-hybridized carbons (Fsp3) is 0.611. The summed E-state index contributed by atoms with van der Waals surface area (Å²) in [6.45, 7) is 7.59. The Morgan fingerprint density at radius 3 is 2.46 bits per heavy atom. The van der Waals surface area contributed by atoms with Gasteiger partial charge in [-0.25, -0.2) is 0 Å². The fourth-order valence-corrected chi connectivity index (χ4v) is 2.16. The standard InChI is InChI=1S/C18H31N3O2.HI/c1-15(2)14-23-12-6-11-20-18(19-3)21(4)13-16-7-9-17(22-5)10-8-16;/h7-10,15H,6,11-14H2,1-5H3,(H,19,20);1H. The summed E-state index contributed by atoms with van der Waals surface area (Å²) in [4.78, 5) is 6.44. The third-order valence-electron chi connectivity index (χ3n) is 3.35. The molecule has 0 heterocycles. The molecule has 0 aliphatic carbocycles. The van der Waals surface area contributed by atoms with Crippen molar-refractivity contribution in [2.45, 2.75) is 26.8 Å². The second kappa shape index (κ2) is 13.3. The summed E-state index contributed by atoms with van der Waals surface area (Å²) in [5.74, 6) is 2.36. The SMILES string of the molecule is CN=C(NCCCOCC(C)C)N(C)Cc1ccc(OC)cc1.I. The summed E-state index contributed by atoms with van der Waals surface area (Å²) in [5.41, 5.74) is 1.22. The van der Waals surface area contributed by atoms with Gasteiger partial charge in [0.05, 0.1) is 7.11 Å². The average Bonchev–Trinajstić information content (AvgIpc) is 2.54. The first-order valence-electron chi connectivity index (χ1n) is 8.19. The summed E-state index contributed by atoms with van der Waals surface area (Å²) in [6.07, 6.45) is 0.974. The van der Waals surface area contributed by atoms with Gasteiger partial charge in [-0.15, -0.1) is 24.0 Å². The molecule has 0 fully saturated rings. The van der Waals surface area contributed by atoms with Gasteiger partial charge in [0.2, 0.25) is 0 Å². The summed E-state index contributed by atoms with van der Waals surface area (Å²) in [7, 11) is 5.52. The predicted molar refractivity (Wildman–Crippen MR) is 112 cm³/mol. The predicted octanol–water partition coefficient (Wildman–Crippen LogP) is 3.38. The Labute approximate surface area is 163 Å². The first kappa shape index (κ1) is 23.0. The first-order valence-corrected chi connectivity index (χ1v) is 8.19. The Bertz CT molecular complexity index is 464. The number of nitrogens with one attached hydrogen (secondary N) is 1. The van der Waals surface area contributed by atoms with Crippen molar-refractivity contribution in [1.29, 1.82) is 0 Å². The van der Waals surface area contributed by atoms with E-state index in [1.807, 2.05) is 26.2 Å². The maximum Gasteiger partial charge on any atom is 0.193 e. The number of nitrogens with zero attached hydrogens (tertiary/aromatic N) is 2. The molecule has 1 aromatic rings. The van der Waals surface area contributed by atoms with Crippen molar-refractivity contribution in [1.82, 2.24) is 10.2 Å². The second-order valence-corrected chi connectivity index (χ2v) is 6.00. The summed E-state index contributed by atoms with van der Waals surface area (Å²) < 4.78 is 10.8. The van der Waals surface area contributed by atoms with Crippen molar-refractivity contribution in [3.63, 3.8) is 0 Å². The van der Waals surface area contributed by atoms with Gasteiger partial charge in [-0.05, 0) is 30.0 Å². The van der Waals surface area contributed by atoms with E-state index in [2.05, 4.69) is 41.2 Å². The molecule has 0 atom stereocenters. The molecule has 0 unspecified atom stereocenters. The van der Waals surface area contributed by atoms with Crippen LogP contribution < -0.4 is 10.1 Å². The molecule has 0 saturated heterocycles. The van der Waals surface area contributed by atoms with Crippen LogP contribution in [0.5, 0.6) is 5.75 Å². The topological polar surface area (TPSA) is 46.1 Å². The van der Waals surface area contributed by atoms with Crippen LogP contribution in [0, 0.1) is 5.92 Å². The smallest absolute Gasteiger partial charge is 0.193 e. The Kier molecular flexibility index (Phi) is 12.7. The van der Waals surface area contributed by atoms with Crippen LogP contribution in [0.15, 0.2) is 29.3 Å². The normalized spacial score (nSPS) is 11.2. The van der Waals surface area contributed by atoms with Gasteiger partial charge in [0.25, 0.3) is 0 Å². The highest BCUT2D eigenvalue weighted by Crippen LogP contribution is 2.12. The minimum absolute atomic E-state index is 0. The van der Waals surface area contributed by atoms with Crippen molar-refractivity contribution in [3.8, 4) is 5.75 Å². The van der Waals surface area contributed by atoms with E-state index in [-0.39, 0.29) is 24.0 Å². The van der Waals surface area contributed by atoms with E-state index in [1.54, 1.807) is 7.11 Å². The van der Waals surface area contributed by atoms with E-state index in [0.29, 0.717) is 5.92 Å². The fourth-order valence-electron chi connectivity index (χ4n) is 2.16. The van der Waals surface area contributed by atoms with Crippen LogP contribution in [0.25, 0.3) is 0 Å². The van der Waals surface area contributed by atoms with Crippen LogP contribution >= 0.6 is 24.0 Å². The van der Waals surface area contributed by atoms with Gasteiger partial charge >= 0.3 is 0 Å². The molecule has 0 aliphatic rings. The highest BCUT2D eigenvalue weighted by molar-refractivity contribution is 14.0. The van der Waals surface area contributed by atoms with Crippen LogP contribution in [-0.4, -0.2) is 51.8 Å². The summed E-state index contributed by atoms with van der Waals surface area (Å²) in [5, 5.41) is 3.37. The zero-order valence-corrected chi connectivity index (χ0v) is 17.9. The van der Waals surface area contributed by atoms with Gasteiger partial charge in [-0.2, -0.15) is 0 Å². The molecule has 6 heteroatoms. The molecule has 0 aliphatic heterocycles. The first-order chi connectivity index (χ1) is 11.1. The van der Waals surface area contributed by atoms with Gasteiger partial charge in [0.15, 0.2) is 5.96 Å². The van der Waals surface area contributed by atoms with Crippen LogP contribution in [0.2, 0.25) is 0 Å². The van der Waals surface area contributed by atoms with Crippen LogP contribution in [0.1, 0.15) is 25.8 Å². The summed E-state index contributed by atoms with van der Waals surface area (Å²) in [6, 6.07) is 8.10. The van der Waals surface area contributed by atoms with Gasteiger partial charge in [-0.1, -0.05) is 26.0 Å². The minimum atomic E-state index is 0. The van der Waals surface area contributed by atoms with E-state index < -0.39 is 0 Å². The number of ether oxygens (including phenoxy) is 2. The molecule has 0 radical (unpaired) electrons. The molecule has 0 spiro atoms. The lowest BCUT2D eigenvalue weighted by Gasteiger charge is -2.22. The minimum Gasteiger partial charge on any atom is -0.497 e. The molecular weight excluding hydrogens is 417 g/mol. The lowest BCUT2D eigenvalue weighted by atomic mass is 10.2. The molecule has 1 N–H and O–H groups in total. The summed E-state index contributed by atoms with van der Waals surface area (Å²) >= 11 is 0. The van der Waals surface area contributed by atoms with E-state index in [9.17, 15) is 0 Å². The van der Waals surface area contributed by atoms with E-state index in [0.717, 1.165) is 44.4 Å². The highest BCUT2D eigenvalue weighted by atomic mass is 127. The molecule has 138 valence electrons. The number of aliphatic imine (C=N–C) groups is 1. The third-order valence-corrected chi connectivity index (χ3v) is 3.35. The third kappa shape index (κ3) is 9.32. The molecular formula is C18H32IN3O2. The lowest BCUT2D eigenvalue weighted by molar-refractivity contribution is 0.108. The molecule has 0 aromatic heterocycles. The largest absolute Gasteiger partial charge is 0.497 e. The Balaban J connectivity index is 0.00000529. The van der Waals surface area contributed by atoms with Crippen LogP contribution in [-0.2, 0) is 11.3 Å². The number of benzene rings is 1. The van der Waals surface area contributed by atoms with Crippen molar-refractivity contribution >= 4 is 29.9 Å². The number of halogens is 1. The van der Waals surface area contributed by atoms with E-state index in [1.165, 1.54) is 5.56 Å². The van der Waals surface area contributed by atoms with Crippen molar-refractivity contribution < 1.29 is 9.47 Å².